The van der Waals surface area contributed by atoms with E-state index >= 15 is 0 Å². The Hall–Kier alpha value is -1.23. The molecule has 0 radical (unpaired) electrons. The molecule has 3 N–H and O–H groups in total. The number of hydrazine groups is 1. The maximum absolute atomic E-state index is 13.2. The maximum atomic E-state index is 13.2. The number of rotatable bonds is 6. The minimum atomic E-state index is -0.238. The lowest BCUT2D eigenvalue weighted by Crippen LogP contribution is -2.41. The van der Waals surface area contributed by atoms with Crippen LogP contribution in [0.1, 0.15) is 30.4 Å². The second-order valence-electron chi connectivity index (χ2n) is 5.14. The Bertz CT molecular complexity index is 574. The Kier molecular flexibility index (Phi) is 5.91. The predicted molar refractivity (Wildman–Crippen MR) is 88.4 cm³/mol. The maximum Gasteiger partial charge on any atom is 0.124 e. The zero-order valence-corrected chi connectivity index (χ0v) is 13.6. The van der Waals surface area contributed by atoms with E-state index in [4.69, 9.17) is 5.84 Å². The zero-order valence-electron chi connectivity index (χ0n) is 12.0. The van der Waals surface area contributed by atoms with E-state index < -0.39 is 0 Å². The molecule has 0 heterocycles. The number of benzene rings is 2. The molecule has 0 fully saturated rings. The van der Waals surface area contributed by atoms with E-state index in [0.717, 1.165) is 22.9 Å². The molecule has 0 saturated heterocycles. The van der Waals surface area contributed by atoms with Crippen LogP contribution in [-0.2, 0) is 6.42 Å². The highest BCUT2D eigenvalue weighted by Gasteiger charge is 2.21. The van der Waals surface area contributed by atoms with Crippen LogP contribution >= 0.6 is 15.9 Å². The van der Waals surface area contributed by atoms with Crippen LogP contribution in [0.5, 0.6) is 0 Å². The van der Waals surface area contributed by atoms with Gasteiger partial charge in [-0.2, -0.15) is 0 Å². The van der Waals surface area contributed by atoms with Crippen molar-refractivity contribution in [2.24, 2.45) is 5.84 Å². The van der Waals surface area contributed by atoms with Gasteiger partial charge in [0, 0.05) is 16.4 Å². The number of halogens is 2. The Labute approximate surface area is 133 Å². The van der Waals surface area contributed by atoms with E-state index in [0.29, 0.717) is 5.92 Å². The molecule has 0 aliphatic heterocycles. The first-order chi connectivity index (χ1) is 10.2. The van der Waals surface area contributed by atoms with Crippen LogP contribution in [-0.4, -0.2) is 6.04 Å². The lowest BCUT2D eigenvalue weighted by molar-refractivity contribution is 0.427. The van der Waals surface area contributed by atoms with Crippen molar-refractivity contribution in [1.82, 2.24) is 5.43 Å². The highest BCUT2D eigenvalue weighted by molar-refractivity contribution is 9.10. The molecular formula is C17H20BrFN2. The lowest BCUT2D eigenvalue weighted by atomic mass is 9.86. The van der Waals surface area contributed by atoms with Crippen LogP contribution in [0, 0.1) is 5.82 Å². The van der Waals surface area contributed by atoms with E-state index in [9.17, 15) is 4.39 Å². The van der Waals surface area contributed by atoms with E-state index in [-0.39, 0.29) is 11.9 Å². The molecule has 0 aromatic heterocycles. The largest absolute Gasteiger partial charge is 0.271 e. The summed E-state index contributed by atoms with van der Waals surface area (Å²) in [5.41, 5.74) is 5.24. The minimum absolute atomic E-state index is 0.0964. The standard InChI is InChI=1S/C17H20BrFN2/c1-2-15(12-6-4-3-5-7-12)17(21-20)10-13-8-9-14(19)11-16(13)18/h3-9,11,15,17,21H,2,10,20H2,1H3. The Balaban J connectivity index is 2.22. The van der Waals surface area contributed by atoms with Crippen LogP contribution < -0.4 is 11.3 Å². The number of hydrogen-bond donors (Lipinski definition) is 2. The van der Waals surface area contributed by atoms with E-state index in [1.54, 1.807) is 0 Å². The average molecular weight is 351 g/mol. The summed E-state index contributed by atoms with van der Waals surface area (Å²) in [5.74, 6) is 5.85. The molecule has 21 heavy (non-hydrogen) atoms. The van der Waals surface area contributed by atoms with Gasteiger partial charge in [0.2, 0.25) is 0 Å². The fourth-order valence-electron chi connectivity index (χ4n) is 2.69. The van der Waals surface area contributed by atoms with E-state index in [1.165, 1.54) is 17.7 Å². The Morgan fingerprint density at radius 2 is 1.90 bits per heavy atom. The van der Waals surface area contributed by atoms with Crippen molar-refractivity contribution in [3.8, 4) is 0 Å². The van der Waals surface area contributed by atoms with Gasteiger partial charge in [-0.05, 0) is 36.1 Å². The molecule has 2 aromatic carbocycles. The first-order valence-corrected chi connectivity index (χ1v) is 7.90. The van der Waals surface area contributed by atoms with Crippen LogP contribution in [0.4, 0.5) is 4.39 Å². The molecule has 112 valence electrons. The average Bonchev–Trinajstić information content (AvgIpc) is 2.50. The quantitative estimate of drug-likeness (QED) is 0.606. The third-order valence-electron chi connectivity index (χ3n) is 3.82. The molecule has 0 amide bonds. The summed E-state index contributed by atoms with van der Waals surface area (Å²) in [6.45, 7) is 2.15. The van der Waals surface area contributed by atoms with Gasteiger partial charge in [0.25, 0.3) is 0 Å². The molecule has 2 aromatic rings. The molecule has 2 atom stereocenters. The van der Waals surface area contributed by atoms with Crippen LogP contribution in [0.25, 0.3) is 0 Å². The number of nitrogens with two attached hydrogens (primary N) is 1. The normalized spacial score (nSPS) is 13.9. The highest BCUT2D eigenvalue weighted by Crippen LogP contribution is 2.27. The summed E-state index contributed by atoms with van der Waals surface area (Å²) in [5, 5.41) is 0. The second-order valence-corrected chi connectivity index (χ2v) is 5.99. The van der Waals surface area contributed by atoms with Crippen molar-refractivity contribution >= 4 is 15.9 Å². The SMILES string of the molecule is CCC(c1ccccc1)C(Cc1ccc(F)cc1Br)NN. The van der Waals surface area contributed by atoms with E-state index in [1.807, 2.05) is 24.3 Å². The van der Waals surface area contributed by atoms with Gasteiger partial charge >= 0.3 is 0 Å². The fraction of sp³-hybridized carbons (Fsp3) is 0.294. The smallest absolute Gasteiger partial charge is 0.124 e. The monoisotopic (exact) mass is 350 g/mol. The third-order valence-corrected chi connectivity index (χ3v) is 4.56. The van der Waals surface area contributed by atoms with E-state index in [2.05, 4.69) is 40.4 Å². The molecule has 0 bridgehead atoms. The second kappa shape index (κ2) is 7.69. The summed E-state index contributed by atoms with van der Waals surface area (Å²) in [4.78, 5) is 0. The summed E-state index contributed by atoms with van der Waals surface area (Å²) >= 11 is 3.42. The van der Waals surface area contributed by atoms with Crippen molar-refractivity contribution in [1.29, 1.82) is 0 Å². The minimum Gasteiger partial charge on any atom is -0.271 e. The van der Waals surface area contributed by atoms with Crippen molar-refractivity contribution in [3.05, 3.63) is 69.9 Å². The lowest BCUT2D eigenvalue weighted by Gasteiger charge is -2.26. The fourth-order valence-corrected chi connectivity index (χ4v) is 3.21. The van der Waals surface area contributed by atoms with Gasteiger partial charge in [-0.1, -0.05) is 59.3 Å². The van der Waals surface area contributed by atoms with Crippen molar-refractivity contribution in [2.45, 2.75) is 31.7 Å². The first-order valence-electron chi connectivity index (χ1n) is 7.10. The molecule has 0 saturated carbocycles. The molecule has 0 aliphatic carbocycles. The number of hydrogen-bond acceptors (Lipinski definition) is 2. The van der Waals surface area contributed by atoms with Gasteiger partial charge in [-0.15, -0.1) is 0 Å². The molecular weight excluding hydrogens is 331 g/mol. The molecule has 2 nitrogen and oxygen atoms in total. The molecule has 0 spiro atoms. The van der Waals surface area contributed by atoms with Gasteiger partial charge in [0.15, 0.2) is 0 Å². The Morgan fingerprint density at radius 3 is 2.48 bits per heavy atom. The predicted octanol–water partition coefficient (Wildman–Crippen LogP) is 4.16. The molecule has 0 aliphatic rings. The summed E-state index contributed by atoms with van der Waals surface area (Å²) in [6, 6.07) is 15.2. The highest BCUT2D eigenvalue weighted by atomic mass is 79.9. The molecule has 2 unspecified atom stereocenters. The van der Waals surface area contributed by atoms with Crippen molar-refractivity contribution in [2.75, 3.05) is 0 Å². The van der Waals surface area contributed by atoms with Gasteiger partial charge in [-0.25, -0.2) is 4.39 Å². The summed E-state index contributed by atoms with van der Waals surface area (Å²) < 4.78 is 14.0. The molecule has 4 heteroatoms. The Morgan fingerprint density at radius 1 is 1.19 bits per heavy atom. The van der Waals surface area contributed by atoms with Crippen molar-refractivity contribution < 1.29 is 4.39 Å². The van der Waals surface area contributed by atoms with Gasteiger partial charge in [-0.3, -0.25) is 11.3 Å². The zero-order chi connectivity index (χ0) is 15.2. The third kappa shape index (κ3) is 4.13. The first kappa shape index (κ1) is 16.1. The van der Waals surface area contributed by atoms with Gasteiger partial charge in [0.05, 0.1) is 0 Å². The number of nitrogens with one attached hydrogen (secondary N) is 1. The van der Waals surface area contributed by atoms with Crippen LogP contribution in [0.3, 0.4) is 0 Å². The van der Waals surface area contributed by atoms with Gasteiger partial charge in [0.1, 0.15) is 5.82 Å². The summed E-state index contributed by atoms with van der Waals surface area (Å²) in [6.07, 6.45) is 1.72. The molecule has 2 rings (SSSR count). The topological polar surface area (TPSA) is 38.0 Å². The van der Waals surface area contributed by atoms with Crippen LogP contribution in [0.15, 0.2) is 53.0 Å². The summed E-state index contributed by atoms with van der Waals surface area (Å²) in [7, 11) is 0. The van der Waals surface area contributed by atoms with Crippen molar-refractivity contribution in [3.63, 3.8) is 0 Å². The van der Waals surface area contributed by atoms with Crippen LogP contribution in [0.2, 0.25) is 0 Å². The van der Waals surface area contributed by atoms with Gasteiger partial charge < -0.3 is 0 Å².